The summed E-state index contributed by atoms with van der Waals surface area (Å²) >= 11 is 0. The highest BCUT2D eigenvalue weighted by Crippen LogP contribution is 2.38. The van der Waals surface area contributed by atoms with Crippen LogP contribution in [0.4, 0.5) is 0 Å². The van der Waals surface area contributed by atoms with Gasteiger partial charge in [-0.25, -0.2) is 0 Å². The SMILES string of the molecule is COCC(=O)NCC(c1ccccc1)c1c(-c2ccccc2)[nH]c2ccccc12. The minimum Gasteiger partial charge on any atom is -0.375 e. The monoisotopic (exact) mass is 384 g/mol. The summed E-state index contributed by atoms with van der Waals surface area (Å²) in [6.45, 7) is 0.550. The maximum atomic E-state index is 12.1. The number of carbonyl (C=O) groups is 1. The second-order valence-electron chi connectivity index (χ2n) is 7.03. The molecular formula is C25H24N2O2. The Bertz CT molecular complexity index is 1090. The summed E-state index contributed by atoms with van der Waals surface area (Å²) in [4.78, 5) is 15.7. The van der Waals surface area contributed by atoms with E-state index in [0.29, 0.717) is 6.54 Å². The molecule has 0 aliphatic heterocycles. The van der Waals surface area contributed by atoms with Gasteiger partial charge in [0.05, 0.1) is 5.69 Å². The first-order valence-corrected chi connectivity index (χ1v) is 9.74. The van der Waals surface area contributed by atoms with Gasteiger partial charge in [-0.05, 0) is 22.8 Å². The topological polar surface area (TPSA) is 54.1 Å². The molecule has 4 nitrogen and oxygen atoms in total. The normalized spacial score (nSPS) is 12.0. The Balaban J connectivity index is 1.86. The number of nitrogens with one attached hydrogen (secondary N) is 2. The lowest BCUT2D eigenvalue weighted by Gasteiger charge is -2.20. The first kappa shape index (κ1) is 19.0. The van der Waals surface area contributed by atoms with Crippen LogP contribution in [0.25, 0.3) is 22.2 Å². The summed E-state index contributed by atoms with van der Waals surface area (Å²) < 4.78 is 4.98. The van der Waals surface area contributed by atoms with Crippen molar-refractivity contribution in [3.63, 3.8) is 0 Å². The van der Waals surface area contributed by atoms with Gasteiger partial charge in [-0.2, -0.15) is 0 Å². The molecule has 2 N–H and O–H groups in total. The third-order valence-corrected chi connectivity index (χ3v) is 5.14. The van der Waals surface area contributed by atoms with E-state index in [-0.39, 0.29) is 18.4 Å². The summed E-state index contributed by atoms with van der Waals surface area (Å²) in [5.41, 5.74) is 5.65. The van der Waals surface area contributed by atoms with E-state index < -0.39 is 0 Å². The molecule has 0 fully saturated rings. The number of benzene rings is 3. The van der Waals surface area contributed by atoms with Crippen LogP contribution in [-0.4, -0.2) is 31.2 Å². The number of H-pyrrole nitrogens is 1. The molecule has 4 heteroatoms. The number of hydrogen-bond donors (Lipinski definition) is 2. The molecule has 0 bridgehead atoms. The number of hydrogen-bond acceptors (Lipinski definition) is 2. The van der Waals surface area contributed by atoms with E-state index in [1.54, 1.807) is 0 Å². The Morgan fingerprint density at radius 1 is 0.931 bits per heavy atom. The largest absolute Gasteiger partial charge is 0.375 e. The lowest BCUT2D eigenvalue weighted by Crippen LogP contribution is -2.31. The molecule has 1 amide bonds. The van der Waals surface area contributed by atoms with Crippen molar-refractivity contribution in [3.8, 4) is 11.3 Å². The van der Waals surface area contributed by atoms with Crippen LogP contribution >= 0.6 is 0 Å². The van der Waals surface area contributed by atoms with Gasteiger partial charge in [-0.3, -0.25) is 4.79 Å². The molecule has 1 heterocycles. The van der Waals surface area contributed by atoms with Gasteiger partial charge in [0.25, 0.3) is 0 Å². The Hall–Kier alpha value is -3.37. The maximum Gasteiger partial charge on any atom is 0.246 e. The van der Waals surface area contributed by atoms with E-state index in [1.165, 1.54) is 18.1 Å². The van der Waals surface area contributed by atoms with Crippen molar-refractivity contribution in [3.05, 3.63) is 96.1 Å². The predicted molar refractivity (Wildman–Crippen MR) is 117 cm³/mol. The predicted octanol–water partition coefficient (Wildman–Crippen LogP) is 4.73. The first-order chi connectivity index (χ1) is 14.3. The molecule has 29 heavy (non-hydrogen) atoms. The Labute approximate surface area is 170 Å². The molecule has 0 spiro atoms. The molecular weight excluding hydrogens is 360 g/mol. The number of ether oxygens (including phenoxy) is 1. The van der Waals surface area contributed by atoms with Gasteiger partial charge < -0.3 is 15.0 Å². The van der Waals surface area contributed by atoms with Gasteiger partial charge in [0, 0.05) is 30.5 Å². The fourth-order valence-corrected chi connectivity index (χ4v) is 3.83. The van der Waals surface area contributed by atoms with Crippen LogP contribution in [0.3, 0.4) is 0 Å². The minimum atomic E-state index is -0.116. The molecule has 0 radical (unpaired) electrons. The average molecular weight is 384 g/mol. The average Bonchev–Trinajstić information content (AvgIpc) is 3.15. The minimum absolute atomic E-state index is 0.00311. The molecule has 1 unspecified atom stereocenters. The third kappa shape index (κ3) is 4.08. The maximum absolute atomic E-state index is 12.1. The molecule has 0 saturated carbocycles. The van der Waals surface area contributed by atoms with E-state index in [2.05, 4.69) is 52.8 Å². The smallest absolute Gasteiger partial charge is 0.246 e. The van der Waals surface area contributed by atoms with Crippen molar-refractivity contribution in [1.82, 2.24) is 10.3 Å². The summed E-state index contributed by atoms with van der Waals surface area (Å²) in [5, 5.41) is 4.20. The number of methoxy groups -OCH3 is 1. The molecule has 146 valence electrons. The number of amides is 1. The fraction of sp³-hybridized carbons (Fsp3) is 0.160. The van der Waals surface area contributed by atoms with Crippen molar-refractivity contribution in [1.29, 1.82) is 0 Å². The second kappa shape index (κ2) is 8.76. The number of fused-ring (bicyclic) bond motifs is 1. The molecule has 1 atom stereocenters. The summed E-state index contributed by atoms with van der Waals surface area (Å²) in [5.74, 6) is -0.113. The van der Waals surface area contributed by atoms with Gasteiger partial charge in [0.2, 0.25) is 5.91 Å². The van der Waals surface area contributed by atoms with Crippen LogP contribution in [0.5, 0.6) is 0 Å². The van der Waals surface area contributed by atoms with Crippen molar-refractivity contribution in [2.45, 2.75) is 5.92 Å². The van der Waals surface area contributed by atoms with E-state index >= 15 is 0 Å². The number of carbonyl (C=O) groups excluding carboxylic acids is 1. The van der Waals surface area contributed by atoms with Crippen LogP contribution in [-0.2, 0) is 9.53 Å². The zero-order valence-corrected chi connectivity index (χ0v) is 16.4. The number of para-hydroxylation sites is 1. The highest BCUT2D eigenvalue weighted by atomic mass is 16.5. The second-order valence-corrected chi connectivity index (χ2v) is 7.03. The molecule has 4 rings (SSSR count). The van der Waals surface area contributed by atoms with E-state index in [4.69, 9.17) is 4.74 Å². The Kier molecular flexibility index (Phi) is 5.73. The zero-order valence-electron chi connectivity index (χ0n) is 16.4. The Morgan fingerprint density at radius 2 is 1.59 bits per heavy atom. The molecule has 4 aromatic rings. The van der Waals surface area contributed by atoms with E-state index in [9.17, 15) is 4.79 Å². The molecule has 1 aromatic heterocycles. The highest BCUT2D eigenvalue weighted by molar-refractivity contribution is 5.92. The van der Waals surface area contributed by atoms with Crippen LogP contribution in [0.1, 0.15) is 17.0 Å². The van der Waals surface area contributed by atoms with E-state index in [0.717, 1.165) is 22.3 Å². The summed E-state index contributed by atoms with van der Waals surface area (Å²) in [6.07, 6.45) is 0. The van der Waals surface area contributed by atoms with Gasteiger partial charge in [-0.1, -0.05) is 78.9 Å². The first-order valence-electron chi connectivity index (χ1n) is 9.74. The molecule has 0 aliphatic rings. The van der Waals surface area contributed by atoms with Gasteiger partial charge >= 0.3 is 0 Å². The number of aromatic nitrogens is 1. The van der Waals surface area contributed by atoms with Crippen LogP contribution in [0, 0.1) is 0 Å². The third-order valence-electron chi connectivity index (χ3n) is 5.14. The standard InChI is InChI=1S/C25H24N2O2/c1-29-17-23(28)26-16-21(18-10-4-2-5-11-18)24-20-14-8-9-15-22(20)27-25(24)19-12-6-3-7-13-19/h2-15,21,27H,16-17H2,1H3,(H,26,28). The molecule has 3 aromatic carbocycles. The summed E-state index contributed by atoms with van der Waals surface area (Å²) in [6, 6.07) is 29.0. The van der Waals surface area contributed by atoms with Gasteiger partial charge in [-0.15, -0.1) is 0 Å². The lowest BCUT2D eigenvalue weighted by atomic mass is 9.87. The van der Waals surface area contributed by atoms with E-state index in [1.807, 2.05) is 42.5 Å². The molecule has 0 saturated heterocycles. The Morgan fingerprint density at radius 3 is 2.31 bits per heavy atom. The summed E-state index contributed by atoms with van der Waals surface area (Å²) in [7, 11) is 1.53. The van der Waals surface area contributed by atoms with Crippen molar-refractivity contribution < 1.29 is 9.53 Å². The zero-order chi connectivity index (χ0) is 20.1. The van der Waals surface area contributed by atoms with Gasteiger partial charge in [0.15, 0.2) is 0 Å². The lowest BCUT2D eigenvalue weighted by molar-refractivity contribution is -0.124. The van der Waals surface area contributed by atoms with Crippen molar-refractivity contribution in [2.24, 2.45) is 0 Å². The van der Waals surface area contributed by atoms with Crippen molar-refractivity contribution in [2.75, 3.05) is 20.3 Å². The highest BCUT2D eigenvalue weighted by Gasteiger charge is 2.23. The number of aromatic amines is 1. The van der Waals surface area contributed by atoms with Crippen LogP contribution in [0.2, 0.25) is 0 Å². The van der Waals surface area contributed by atoms with Crippen LogP contribution < -0.4 is 5.32 Å². The molecule has 0 aliphatic carbocycles. The fourth-order valence-electron chi connectivity index (χ4n) is 3.83. The number of rotatable bonds is 7. The quantitative estimate of drug-likeness (QED) is 0.484. The van der Waals surface area contributed by atoms with Crippen LogP contribution in [0.15, 0.2) is 84.9 Å². The van der Waals surface area contributed by atoms with Gasteiger partial charge in [0.1, 0.15) is 6.61 Å². The van der Waals surface area contributed by atoms with Crippen molar-refractivity contribution >= 4 is 16.8 Å².